The lowest BCUT2D eigenvalue weighted by Gasteiger charge is -2.15. The molecule has 0 bridgehead atoms. The molecule has 0 aliphatic carbocycles. The lowest BCUT2D eigenvalue weighted by molar-refractivity contribution is -0.130. The first-order valence-corrected chi connectivity index (χ1v) is 6.04. The van der Waals surface area contributed by atoms with Crippen molar-refractivity contribution >= 4 is 11.9 Å². The highest BCUT2D eigenvalue weighted by atomic mass is 16.7. The lowest BCUT2D eigenvalue weighted by atomic mass is 10.2. The molecule has 1 heterocycles. The smallest absolute Gasteiger partial charge is 0.356 e. The van der Waals surface area contributed by atoms with E-state index in [1.807, 2.05) is 6.07 Å². The van der Waals surface area contributed by atoms with Crippen LogP contribution in [-0.2, 0) is 9.63 Å². The van der Waals surface area contributed by atoms with Crippen LogP contribution in [0.5, 0.6) is 0 Å². The lowest BCUT2D eigenvalue weighted by Crippen LogP contribution is -2.37. The van der Waals surface area contributed by atoms with Gasteiger partial charge in [-0.25, -0.2) is 4.79 Å². The largest absolute Gasteiger partial charge is 0.366 e. The molecule has 1 saturated heterocycles. The van der Waals surface area contributed by atoms with Crippen molar-refractivity contribution < 1.29 is 14.4 Å². The Morgan fingerprint density at radius 2 is 1.83 bits per heavy atom. The molecule has 1 amide bonds. The second-order valence-corrected chi connectivity index (χ2v) is 4.16. The summed E-state index contributed by atoms with van der Waals surface area (Å²) in [6.45, 7) is 1.62. The first kappa shape index (κ1) is 12.6. The monoisotopic (exact) mass is 248 g/mol. The van der Waals surface area contributed by atoms with Gasteiger partial charge in [-0.2, -0.15) is 0 Å². The van der Waals surface area contributed by atoms with Crippen molar-refractivity contribution in [3.63, 3.8) is 0 Å². The summed E-state index contributed by atoms with van der Waals surface area (Å²) >= 11 is 0. The Morgan fingerprint density at radius 3 is 2.50 bits per heavy atom. The number of rotatable bonds is 4. The maximum absolute atomic E-state index is 11.6. The molecule has 1 aliphatic heterocycles. The molecule has 0 saturated carbocycles. The number of nitrogens with one attached hydrogen (secondary N) is 1. The summed E-state index contributed by atoms with van der Waals surface area (Å²) < 4.78 is 0. The van der Waals surface area contributed by atoms with Gasteiger partial charge in [0.2, 0.25) is 5.91 Å². The number of likely N-dealkylation sites (tertiary alicyclic amines) is 1. The average molecular weight is 248 g/mol. The molecule has 1 N–H and O–H groups in total. The SMILES string of the molecule is O=C(ONCC(=O)N1CCCC1)c1ccccc1. The third-order valence-electron chi connectivity index (χ3n) is 2.86. The number of hydrogen-bond acceptors (Lipinski definition) is 4. The molecule has 0 radical (unpaired) electrons. The predicted molar refractivity (Wildman–Crippen MR) is 65.7 cm³/mol. The summed E-state index contributed by atoms with van der Waals surface area (Å²) in [6.07, 6.45) is 2.10. The van der Waals surface area contributed by atoms with Crippen molar-refractivity contribution in [2.24, 2.45) is 0 Å². The second-order valence-electron chi connectivity index (χ2n) is 4.16. The molecule has 0 spiro atoms. The van der Waals surface area contributed by atoms with Crippen LogP contribution >= 0.6 is 0 Å². The van der Waals surface area contributed by atoms with Crippen LogP contribution in [-0.4, -0.2) is 36.4 Å². The molecular formula is C13H16N2O3. The highest BCUT2D eigenvalue weighted by molar-refractivity contribution is 5.89. The Morgan fingerprint density at radius 1 is 1.17 bits per heavy atom. The number of amides is 1. The van der Waals surface area contributed by atoms with Crippen LogP contribution in [0.15, 0.2) is 30.3 Å². The fourth-order valence-electron chi connectivity index (χ4n) is 1.87. The van der Waals surface area contributed by atoms with Crippen molar-refractivity contribution in [2.45, 2.75) is 12.8 Å². The summed E-state index contributed by atoms with van der Waals surface area (Å²) in [6, 6.07) is 8.65. The molecule has 1 fully saturated rings. The molecule has 0 aromatic heterocycles. The van der Waals surface area contributed by atoms with E-state index < -0.39 is 5.97 Å². The van der Waals surface area contributed by atoms with Gasteiger partial charge in [-0.15, -0.1) is 5.48 Å². The van der Waals surface area contributed by atoms with Gasteiger partial charge < -0.3 is 9.74 Å². The zero-order valence-electron chi connectivity index (χ0n) is 10.1. The summed E-state index contributed by atoms with van der Waals surface area (Å²) in [4.78, 5) is 29.8. The van der Waals surface area contributed by atoms with E-state index in [4.69, 9.17) is 4.84 Å². The van der Waals surface area contributed by atoms with E-state index in [-0.39, 0.29) is 12.5 Å². The van der Waals surface area contributed by atoms with Crippen molar-refractivity contribution in [3.05, 3.63) is 35.9 Å². The number of carbonyl (C=O) groups excluding carboxylic acids is 2. The zero-order chi connectivity index (χ0) is 12.8. The molecule has 5 nitrogen and oxygen atoms in total. The standard InChI is InChI=1S/C13H16N2O3/c16-12(15-8-4-5-9-15)10-14-18-13(17)11-6-2-1-3-7-11/h1-3,6-7,14H,4-5,8-10H2. The van der Waals surface area contributed by atoms with Crippen LogP contribution in [0.1, 0.15) is 23.2 Å². The summed E-state index contributed by atoms with van der Waals surface area (Å²) in [7, 11) is 0. The van der Waals surface area contributed by atoms with Crippen LogP contribution in [0.25, 0.3) is 0 Å². The van der Waals surface area contributed by atoms with Crippen molar-refractivity contribution in [3.8, 4) is 0 Å². The van der Waals surface area contributed by atoms with Gasteiger partial charge in [0.15, 0.2) is 0 Å². The molecule has 5 heteroatoms. The Bertz CT molecular complexity index is 414. The first-order chi connectivity index (χ1) is 8.77. The molecule has 2 rings (SSSR count). The minimum atomic E-state index is -0.482. The van der Waals surface area contributed by atoms with Crippen molar-refractivity contribution in [1.29, 1.82) is 0 Å². The second kappa shape index (κ2) is 6.16. The Balaban J connectivity index is 1.72. The van der Waals surface area contributed by atoms with Gasteiger partial charge >= 0.3 is 5.97 Å². The molecule has 18 heavy (non-hydrogen) atoms. The van der Waals surface area contributed by atoms with Gasteiger partial charge in [-0.1, -0.05) is 18.2 Å². The van der Waals surface area contributed by atoms with E-state index in [1.165, 1.54) is 0 Å². The molecular weight excluding hydrogens is 232 g/mol. The minimum absolute atomic E-state index is 0.0264. The van der Waals surface area contributed by atoms with Gasteiger partial charge in [0.25, 0.3) is 0 Å². The van der Waals surface area contributed by atoms with E-state index in [0.29, 0.717) is 5.56 Å². The van der Waals surface area contributed by atoms with Crippen LogP contribution in [0.2, 0.25) is 0 Å². The zero-order valence-corrected chi connectivity index (χ0v) is 10.1. The Kier molecular flexibility index (Phi) is 4.30. The predicted octanol–water partition coefficient (Wildman–Crippen LogP) is 0.970. The number of nitrogens with zero attached hydrogens (tertiary/aromatic N) is 1. The third-order valence-corrected chi connectivity index (χ3v) is 2.86. The number of benzene rings is 1. The fourth-order valence-corrected chi connectivity index (χ4v) is 1.87. The van der Waals surface area contributed by atoms with Gasteiger partial charge in [0.1, 0.15) is 6.54 Å². The van der Waals surface area contributed by atoms with E-state index in [1.54, 1.807) is 29.2 Å². The van der Waals surface area contributed by atoms with Gasteiger partial charge in [-0.3, -0.25) is 4.79 Å². The van der Waals surface area contributed by atoms with Gasteiger partial charge in [0.05, 0.1) is 5.56 Å². The van der Waals surface area contributed by atoms with E-state index in [9.17, 15) is 9.59 Å². The quantitative estimate of drug-likeness (QED) is 0.807. The number of hydrogen-bond donors (Lipinski definition) is 1. The fraction of sp³-hybridized carbons (Fsp3) is 0.385. The average Bonchev–Trinajstić information content (AvgIpc) is 2.93. The summed E-state index contributed by atoms with van der Waals surface area (Å²) in [5, 5.41) is 0. The molecule has 0 atom stereocenters. The van der Waals surface area contributed by atoms with Crippen molar-refractivity contribution in [1.82, 2.24) is 10.4 Å². The van der Waals surface area contributed by atoms with E-state index in [2.05, 4.69) is 5.48 Å². The highest BCUT2D eigenvalue weighted by Gasteiger charge is 2.17. The Hall–Kier alpha value is -1.88. The van der Waals surface area contributed by atoms with Gasteiger partial charge in [0, 0.05) is 13.1 Å². The topological polar surface area (TPSA) is 58.6 Å². The first-order valence-electron chi connectivity index (χ1n) is 6.04. The molecule has 96 valence electrons. The normalized spacial score (nSPS) is 14.6. The molecule has 1 aromatic carbocycles. The molecule has 0 unspecified atom stereocenters. The molecule has 1 aromatic rings. The van der Waals surface area contributed by atoms with Gasteiger partial charge in [-0.05, 0) is 25.0 Å². The van der Waals surface area contributed by atoms with E-state index >= 15 is 0 Å². The maximum Gasteiger partial charge on any atom is 0.356 e. The maximum atomic E-state index is 11.6. The summed E-state index contributed by atoms with van der Waals surface area (Å²) in [5.74, 6) is -0.516. The third kappa shape index (κ3) is 3.30. The van der Waals surface area contributed by atoms with Crippen molar-refractivity contribution in [2.75, 3.05) is 19.6 Å². The van der Waals surface area contributed by atoms with Crippen LogP contribution in [0, 0.1) is 0 Å². The number of hydroxylamine groups is 1. The number of carbonyl (C=O) groups is 2. The molecule has 1 aliphatic rings. The minimum Gasteiger partial charge on any atom is -0.366 e. The van der Waals surface area contributed by atoms with E-state index in [0.717, 1.165) is 25.9 Å². The van der Waals surface area contributed by atoms with Crippen LogP contribution in [0.4, 0.5) is 0 Å². The Labute approximate surface area is 106 Å². The highest BCUT2D eigenvalue weighted by Crippen LogP contribution is 2.06. The van der Waals surface area contributed by atoms with Crippen LogP contribution in [0.3, 0.4) is 0 Å². The summed E-state index contributed by atoms with van der Waals surface area (Å²) in [5.41, 5.74) is 2.88. The van der Waals surface area contributed by atoms with Crippen LogP contribution < -0.4 is 5.48 Å².